The second-order valence-corrected chi connectivity index (χ2v) is 6.50. The molecule has 1 atom stereocenters. The predicted octanol–water partition coefficient (Wildman–Crippen LogP) is 2.31. The van der Waals surface area contributed by atoms with Crippen LogP contribution < -0.4 is 5.32 Å². The summed E-state index contributed by atoms with van der Waals surface area (Å²) in [6.07, 6.45) is -1.98. The largest absolute Gasteiger partial charge is 0.508 e. The van der Waals surface area contributed by atoms with Crippen molar-refractivity contribution in [1.82, 2.24) is 5.32 Å². The minimum atomic E-state index is -1.30. The summed E-state index contributed by atoms with van der Waals surface area (Å²) in [5.74, 6) is -0.851. The Morgan fingerprint density at radius 1 is 1.14 bits per heavy atom. The van der Waals surface area contributed by atoms with Gasteiger partial charge in [0.15, 0.2) is 6.04 Å². The Morgan fingerprint density at radius 2 is 1.75 bits per heavy atom. The van der Waals surface area contributed by atoms with Crippen LogP contribution in [0.15, 0.2) is 24.3 Å². The van der Waals surface area contributed by atoms with Gasteiger partial charge in [0.1, 0.15) is 18.8 Å². The molecule has 0 radical (unpaired) electrons. The third-order valence-electron chi connectivity index (χ3n) is 3.05. The van der Waals surface area contributed by atoms with Crippen LogP contribution in [0.2, 0.25) is 0 Å². The number of carbonyl (C=O) groups excluding carboxylic acids is 3. The van der Waals surface area contributed by atoms with Gasteiger partial charge in [0, 0.05) is 12.1 Å². The number of ether oxygens (including phenoxy) is 4. The highest BCUT2D eigenvalue weighted by molar-refractivity contribution is 5.81. The van der Waals surface area contributed by atoms with Crippen LogP contribution in [-0.2, 0) is 30.3 Å². The average molecular weight is 398 g/mol. The molecule has 0 unspecified atom stereocenters. The third kappa shape index (κ3) is 8.34. The minimum absolute atomic E-state index is 0.0988. The molecule has 0 saturated heterocycles. The van der Waals surface area contributed by atoms with Crippen LogP contribution in [0.25, 0.3) is 0 Å². The smallest absolute Gasteiger partial charge is 0.467 e. The Bertz CT molecular complexity index is 710. The molecule has 1 N–H and O–H groups in total. The highest BCUT2D eigenvalue weighted by atomic mass is 16.7. The van der Waals surface area contributed by atoms with E-state index in [0.29, 0.717) is 5.56 Å². The van der Waals surface area contributed by atoms with E-state index in [2.05, 4.69) is 10.1 Å². The van der Waals surface area contributed by atoms with Crippen molar-refractivity contribution in [1.29, 1.82) is 0 Å². The number of nitrogens with one attached hydrogen (secondary N) is 1. The Balaban J connectivity index is 2.56. The van der Waals surface area contributed by atoms with Gasteiger partial charge in [-0.15, -0.1) is 0 Å². The van der Waals surface area contributed by atoms with Gasteiger partial charge in [-0.3, -0.25) is 10.1 Å². The van der Waals surface area contributed by atoms with Crippen LogP contribution in [0.5, 0.6) is 0 Å². The first-order chi connectivity index (χ1) is 13.0. The number of methoxy groups -OCH3 is 1. The van der Waals surface area contributed by atoms with Gasteiger partial charge in [-0.25, -0.2) is 14.4 Å². The number of esters is 1. The molecule has 0 fully saturated rings. The number of hydrogen-bond donors (Lipinski definition) is 1. The van der Waals surface area contributed by atoms with E-state index in [0.717, 1.165) is 7.11 Å². The molecule has 0 aliphatic heterocycles. The number of hydrogen-bond acceptors (Lipinski definition) is 9. The number of benzene rings is 1. The second kappa shape index (κ2) is 10.1. The van der Waals surface area contributed by atoms with Gasteiger partial charge in [0.25, 0.3) is 5.69 Å². The lowest BCUT2D eigenvalue weighted by atomic mass is 10.2. The lowest BCUT2D eigenvalue weighted by molar-refractivity contribution is -0.384. The zero-order valence-electron chi connectivity index (χ0n) is 15.9. The summed E-state index contributed by atoms with van der Waals surface area (Å²) >= 11 is 0. The Morgan fingerprint density at radius 3 is 2.25 bits per heavy atom. The van der Waals surface area contributed by atoms with E-state index < -0.39 is 41.4 Å². The maximum atomic E-state index is 11.9. The van der Waals surface area contributed by atoms with Crippen LogP contribution in [0.1, 0.15) is 26.3 Å². The zero-order chi connectivity index (χ0) is 21.3. The molecule has 11 nitrogen and oxygen atoms in total. The van der Waals surface area contributed by atoms with E-state index in [1.165, 1.54) is 24.3 Å². The molecule has 0 saturated carbocycles. The molecule has 1 aromatic carbocycles. The van der Waals surface area contributed by atoms with E-state index in [-0.39, 0.29) is 12.3 Å². The minimum Gasteiger partial charge on any atom is -0.467 e. The van der Waals surface area contributed by atoms with Gasteiger partial charge in [0.05, 0.1) is 12.0 Å². The van der Waals surface area contributed by atoms with Crippen LogP contribution in [0.4, 0.5) is 15.3 Å². The molecule has 0 heterocycles. The van der Waals surface area contributed by atoms with Crippen LogP contribution in [0.3, 0.4) is 0 Å². The van der Waals surface area contributed by atoms with Gasteiger partial charge >= 0.3 is 18.2 Å². The number of nitro groups is 1. The van der Waals surface area contributed by atoms with Gasteiger partial charge in [-0.05, 0) is 38.5 Å². The number of rotatable bonds is 7. The van der Waals surface area contributed by atoms with Crippen molar-refractivity contribution in [3.05, 3.63) is 39.9 Å². The topological polar surface area (TPSA) is 143 Å². The summed E-state index contributed by atoms with van der Waals surface area (Å²) in [4.78, 5) is 45.2. The van der Waals surface area contributed by atoms with Crippen molar-refractivity contribution in [3.8, 4) is 0 Å². The van der Waals surface area contributed by atoms with Gasteiger partial charge in [-0.2, -0.15) is 0 Å². The standard InChI is InChI=1S/C17H22N2O9/c1-17(2,3)28-16(22)27-10-13(14(20)25-4)18-15(21)26-9-11-5-7-12(8-6-11)19(23)24/h5-8,13H,9-10H2,1-4H3,(H,18,21)/t13-/m0/s1. The lowest BCUT2D eigenvalue weighted by Crippen LogP contribution is -2.45. The fraction of sp³-hybridized carbons (Fsp3) is 0.471. The maximum absolute atomic E-state index is 11.9. The second-order valence-electron chi connectivity index (χ2n) is 6.50. The molecule has 154 valence electrons. The number of alkyl carbamates (subject to hydrolysis) is 1. The number of nitro benzene ring substituents is 1. The zero-order valence-corrected chi connectivity index (χ0v) is 15.9. The molecule has 0 spiro atoms. The molecule has 28 heavy (non-hydrogen) atoms. The molecule has 0 bridgehead atoms. The fourth-order valence-corrected chi connectivity index (χ4v) is 1.79. The molecular weight excluding hydrogens is 376 g/mol. The van der Waals surface area contributed by atoms with E-state index in [4.69, 9.17) is 14.2 Å². The molecule has 1 rings (SSSR count). The summed E-state index contributed by atoms with van der Waals surface area (Å²) in [6.45, 7) is 4.21. The van der Waals surface area contributed by atoms with E-state index in [1.54, 1.807) is 20.8 Å². The van der Waals surface area contributed by atoms with Gasteiger partial charge in [-0.1, -0.05) is 0 Å². The van der Waals surface area contributed by atoms with Crippen molar-refractivity contribution in [2.24, 2.45) is 0 Å². The Labute approximate surface area is 161 Å². The normalized spacial score (nSPS) is 11.7. The first-order valence-electron chi connectivity index (χ1n) is 8.12. The molecule has 0 aliphatic rings. The summed E-state index contributed by atoms with van der Waals surface area (Å²) in [5, 5.41) is 12.8. The maximum Gasteiger partial charge on any atom is 0.508 e. The molecule has 1 aromatic rings. The third-order valence-corrected chi connectivity index (χ3v) is 3.05. The molecular formula is C17H22N2O9. The summed E-state index contributed by atoms with van der Waals surface area (Å²) < 4.78 is 19.2. The molecule has 1 amide bonds. The fourth-order valence-electron chi connectivity index (χ4n) is 1.79. The summed E-state index contributed by atoms with van der Waals surface area (Å²) in [6, 6.07) is 4.08. The SMILES string of the molecule is COC(=O)[C@H](COC(=O)OC(C)(C)C)NC(=O)OCc1ccc([N+](=O)[O-])cc1. The first kappa shape index (κ1) is 22.7. The van der Waals surface area contributed by atoms with Crippen molar-refractivity contribution in [2.45, 2.75) is 39.0 Å². The van der Waals surface area contributed by atoms with Crippen molar-refractivity contribution in [3.63, 3.8) is 0 Å². The van der Waals surface area contributed by atoms with Gasteiger partial charge < -0.3 is 24.3 Å². The number of nitrogens with zero attached hydrogens (tertiary/aromatic N) is 1. The summed E-state index contributed by atoms with van der Waals surface area (Å²) in [7, 11) is 1.10. The van der Waals surface area contributed by atoms with E-state index >= 15 is 0 Å². The molecule has 11 heteroatoms. The van der Waals surface area contributed by atoms with Crippen LogP contribution >= 0.6 is 0 Å². The Kier molecular flexibility index (Phi) is 8.17. The van der Waals surface area contributed by atoms with Crippen molar-refractivity contribution >= 4 is 23.9 Å². The number of non-ortho nitro benzene ring substituents is 1. The monoisotopic (exact) mass is 398 g/mol. The van der Waals surface area contributed by atoms with Crippen LogP contribution in [0, 0.1) is 10.1 Å². The first-order valence-corrected chi connectivity index (χ1v) is 8.12. The van der Waals surface area contributed by atoms with E-state index in [9.17, 15) is 24.5 Å². The van der Waals surface area contributed by atoms with Crippen molar-refractivity contribution in [2.75, 3.05) is 13.7 Å². The van der Waals surface area contributed by atoms with Gasteiger partial charge in [0.2, 0.25) is 0 Å². The van der Waals surface area contributed by atoms with Crippen molar-refractivity contribution < 1.29 is 38.3 Å². The number of carbonyl (C=O) groups is 3. The lowest BCUT2D eigenvalue weighted by Gasteiger charge is -2.20. The number of amides is 1. The van der Waals surface area contributed by atoms with Crippen LogP contribution in [-0.4, -0.2) is 48.5 Å². The Hall–Kier alpha value is -3.37. The quantitative estimate of drug-likeness (QED) is 0.316. The highest BCUT2D eigenvalue weighted by Gasteiger charge is 2.26. The van der Waals surface area contributed by atoms with E-state index in [1.807, 2.05) is 0 Å². The predicted molar refractivity (Wildman–Crippen MR) is 94.4 cm³/mol. The average Bonchev–Trinajstić information content (AvgIpc) is 2.61. The summed E-state index contributed by atoms with van der Waals surface area (Å²) in [5.41, 5.74) is -0.381. The molecule has 0 aromatic heterocycles. The molecule has 0 aliphatic carbocycles. The highest BCUT2D eigenvalue weighted by Crippen LogP contribution is 2.12.